The van der Waals surface area contributed by atoms with Gasteiger partial charge in [-0.25, -0.2) is 9.59 Å². The van der Waals surface area contributed by atoms with Crippen molar-refractivity contribution in [1.82, 2.24) is 4.90 Å². The van der Waals surface area contributed by atoms with Crippen molar-refractivity contribution in [2.75, 3.05) is 26.9 Å². The molecule has 0 radical (unpaired) electrons. The highest BCUT2D eigenvalue weighted by Gasteiger charge is 2.36. The number of hydrogen-bond donors (Lipinski definition) is 0. The van der Waals surface area contributed by atoms with Gasteiger partial charge >= 0.3 is 12.1 Å². The summed E-state index contributed by atoms with van der Waals surface area (Å²) in [7, 11) is 1.36. The lowest BCUT2D eigenvalue weighted by molar-refractivity contribution is -0.0251. The number of methoxy groups -OCH3 is 1. The van der Waals surface area contributed by atoms with E-state index in [1.165, 1.54) is 7.11 Å². The monoisotopic (exact) mass is 469 g/mol. The molecule has 34 heavy (non-hydrogen) atoms. The fourth-order valence-electron chi connectivity index (χ4n) is 4.31. The largest absolute Gasteiger partial charge is 0.494 e. The molecule has 0 bridgehead atoms. The smallest absolute Gasteiger partial charge is 0.410 e. The molecular formula is C27H35NO6. The van der Waals surface area contributed by atoms with Crippen molar-refractivity contribution < 1.29 is 28.5 Å². The lowest BCUT2D eigenvalue weighted by Gasteiger charge is -2.40. The first-order valence-corrected chi connectivity index (χ1v) is 11.7. The van der Waals surface area contributed by atoms with Crippen LogP contribution in [-0.2, 0) is 14.2 Å². The highest BCUT2D eigenvalue weighted by molar-refractivity contribution is 6.06. The van der Waals surface area contributed by atoms with Crippen molar-refractivity contribution in [3.8, 4) is 5.75 Å². The number of fused-ring (bicyclic) bond motifs is 1. The normalized spacial score (nSPS) is 18.4. The van der Waals surface area contributed by atoms with Crippen LogP contribution in [-0.4, -0.2) is 55.5 Å². The van der Waals surface area contributed by atoms with Crippen molar-refractivity contribution in [3.63, 3.8) is 0 Å². The van der Waals surface area contributed by atoms with Crippen molar-refractivity contribution in [2.45, 2.75) is 58.3 Å². The Morgan fingerprint density at radius 2 is 1.94 bits per heavy atom. The fraction of sp³-hybridized carbons (Fsp3) is 0.481. The quantitative estimate of drug-likeness (QED) is 0.384. The van der Waals surface area contributed by atoms with Crippen LogP contribution in [0.1, 0.15) is 62.5 Å². The molecule has 1 aliphatic rings. The summed E-state index contributed by atoms with van der Waals surface area (Å²) in [5.41, 5.74) is 0.752. The maximum absolute atomic E-state index is 13.2. The molecule has 2 aromatic rings. The zero-order chi connectivity index (χ0) is 24.9. The third-order valence-corrected chi connectivity index (χ3v) is 5.73. The van der Waals surface area contributed by atoms with Crippen molar-refractivity contribution in [2.24, 2.45) is 0 Å². The zero-order valence-electron chi connectivity index (χ0n) is 20.8. The SMILES string of the molecule is C=CCO[C@@H]1CCN(C(=O)OC(C)(C)C)[C@@H](c2ccc(C(=O)OC)c3ccc(OCC)cc23)C1. The Hall–Kier alpha value is -3.06. The highest BCUT2D eigenvalue weighted by atomic mass is 16.6. The minimum Gasteiger partial charge on any atom is -0.494 e. The summed E-state index contributed by atoms with van der Waals surface area (Å²) in [5.74, 6) is 0.276. The third-order valence-electron chi connectivity index (χ3n) is 5.73. The molecule has 184 valence electrons. The number of carbonyl (C=O) groups is 2. The minimum atomic E-state index is -0.614. The molecule has 2 atom stereocenters. The zero-order valence-corrected chi connectivity index (χ0v) is 20.8. The highest BCUT2D eigenvalue weighted by Crippen LogP contribution is 2.39. The van der Waals surface area contributed by atoms with Gasteiger partial charge < -0.3 is 23.8 Å². The van der Waals surface area contributed by atoms with Crippen molar-refractivity contribution >= 4 is 22.8 Å². The van der Waals surface area contributed by atoms with Gasteiger partial charge in [0, 0.05) is 6.54 Å². The van der Waals surface area contributed by atoms with Crippen LogP contribution in [0.5, 0.6) is 5.75 Å². The number of amides is 1. The van der Waals surface area contributed by atoms with E-state index < -0.39 is 11.6 Å². The second-order valence-corrected chi connectivity index (χ2v) is 9.29. The summed E-state index contributed by atoms with van der Waals surface area (Å²) in [4.78, 5) is 27.4. The fourth-order valence-corrected chi connectivity index (χ4v) is 4.31. The Labute approximate surface area is 201 Å². The summed E-state index contributed by atoms with van der Waals surface area (Å²) >= 11 is 0. The molecule has 0 aromatic heterocycles. The number of esters is 1. The van der Waals surface area contributed by atoms with Crippen LogP contribution in [0.2, 0.25) is 0 Å². The lowest BCUT2D eigenvalue weighted by Crippen LogP contribution is -2.45. The number of likely N-dealkylation sites (tertiary alicyclic amines) is 1. The van der Waals surface area contributed by atoms with Crippen LogP contribution in [0.3, 0.4) is 0 Å². The van der Waals surface area contributed by atoms with Gasteiger partial charge in [-0.05, 0) is 81.1 Å². The summed E-state index contributed by atoms with van der Waals surface area (Å²) in [6.07, 6.45) is 2.62. The number of hydrogen-bond acceptors (Lipinski definition) is 6. The number of nitrogens with zero attached hydrogens (tertiary/aromatic N) is 1. The maximum atomic E-state index is 13.2. The van der Waals surface area contributed by atoms with E-state index in [0.717, 1.165) is 16.3 Å². The Morgan fingerprint density at radius 1 is 1.18 bits per heavy atom. The van der Waals surface area contributed by atoms with Gasteiger partial charge in [-0.15, -0.1) is 6.58 Å². The Balaban J connectivity index is 2.13. The number of ether oxygens (including phenoxy) is 4. The molecule has 7 nitrogen and oxygen atoms in total. The van der Waals surface area contributed by atoms with E-state index in [9.17, 15) is 9.59 Å². The average Bonchev–Trinajstić information content (AvgIpc) is 2.80. The van der Waals surface area contributed by atoms with E-state index >= 15 is 0 Å². The van der Waals surface area contributed by atoms with Gasteiger partial charge in [0.1, 0.15) is 11.4 Å². The van der Waals surface area contributed by atoms with E-state index in [1.54, 1.807) is 17.0 Å². The molecule has 7 heteroatoms. The van der Waals surface area contributed by atoms with Gasteiger partial charge in [-0.2, -0.15) is 0 Å². The van der Waals surface area contributed by atoms with E-state index in [4.69, 9.17) is 18.9 Å². The predicted octanol–water partition coefficient (Wildman–Crippen LogP) is 5.67. The Morgan fingerprint density at radius 3 is 2.59 bits per heavy atom. The lowest BCUT2D eigenvalue weighted by atomic mass is 9.88. The third kappa shape index (κ3) is 5.89. The molecule has 1 heterocycles. The number of piperidine rings is 1. The van der Waals surface area contributed by atoms with Crippen LogP contribution in [0, 0.1) is 0 Å². The molecule has 2 aromatic carbocycles. The van der Waals surface area contributed by atoms with Gasteiger partial charge in [-0.1, -0.05) is 12.1 Å². The topological polar surface area (TPSA) is 74.3 Å². The van der Waals surface area contributed by atoms with E-state index in [1.807, 2.05) is 52.0 Å². The standard InChI is InChI=1S/C27H35NO6/c1-7-15-33-19-13-14-28(26(30)34-27(3,4)5)24(17-19)21-11-12-22(25(29)31-6)20-10-9-18(32-8-2)16-23(20)21/h7,9-12,16,19,24H,1,8,13-15,17H2,2-6H3/t19-,24-/m1/s1. The van der Waals surface area contributed by atoms with E-state index in [0.29, 0.717) is 43.9 Å². The van der Waals surface area contributed by atoms with Gasteiger partial charge in [0.05, 0.1) is 38.0 Å². The Bertz CT molecular complexity index is 1040. The predicted molar refractivity (Wildman–Crippen MR) is 131 cm³/mol. The van der Waals surface area contributed by atoms with Crippen LogP contribution in [0.15, 0.2) is 43.0 Å². The first-order chi connectivity index (χ1) is 16.2. The van der Waals surface area contributed by atoms with Crippen LogP contribution < -0.4 is 4.74 Å². The van der Waals surface area contributed by atoms with Gasteiger partial charge in [0.25, 0.3) is 0 Å². The van der Waals surface area contributed by atoms with Crippen molar-refractivity contribution in [3.05, 3.63) is 54.1 Å². The summed E-state index contributed by atoms with van der Waals surface area (Å²) in [6.45, 7) is 12.7. The van der Waals surface area contributed by atoms with Crippen LogP contribution in [0.4, 0.5) is 4.79 Å². The maximum Gasteiger partial charge on any atom is 0.410 e. The van der Waals surface area contributed by atoms with Gasteiger partial charge in [0.15, 0.2) is 0 Å². The molecular weight excluding hydrogens is 434 g/mol. The molecule has 0 aliphatic carbocycles. The van der Waals surface area contributed by atoms with E-state index in [2.05, 4.69) is 6.58 Å². The first kappa shape index (κ1) is 25.6. The molecule has 0 unspecified atom stereocenters. The van der Waals surface area contributed by atoms with Gasteiger partial charge in [-0.3, -0.25) is 0 Å². The van der Waals surface area contributed by atoms with Gasteiger partial charge in [0.2, 0.25) is 0 Å². The van der Waals surface area contributed by atoms with Crippen LogP contribution in [0.25, 0.3) is 10.8 Å². The summed E-state index contributed by atoms with van der Waals surface area (Å²) in [6, 6.07) is 8.97. The molecule has 3 rings (SSSR count). The molecule has 1 saturated heterocycles. The summed E-state index contributed by atoms with van der Waals surface area (Å²) in [5, 5.41) is 1.57. The average molecular weight is 470 g/mol. The second-order valence-electron chi connectivity index (χ2n) is 9.29. The molecule has 0 N–H and O–H groups in total. The summed E-state index contributed by atoms with van der Waals surface area (Å²) < 4.78 is 22.4. The second kappa shape index (κ2) is 10.9. The molecule has 1 amide bonds. The number of benzene rings is 2. The number of carbonyl (C=O) groups excluding carboxylic acids is 2. The molecule has 0 saturated carbocycles. The molecule has 1 fully saturated rings. The number of rotatable bonds is 7. The van der Waals surface area contributed by atoms with Crippen molar-refractivity contribution in [1.29, 1.82) is 0 Å². The van der Waals surface area contributed by atoms with E-state index in [-0.39, 0.29) is 18.2 Å². The first-order valence-electron chi connectivity index (χ1n) is 11.7. The molecule has 0 spiro atoms. The minimum absolute atomic E-state index is 0.0351. The van der Waals surface area contributed by atoms with Crippen LogP contribution >= 0.6 is 0 Å². The Kier molecular flexibility index (Phi) is 8.20. The molecule has 1 aliphatic heterocycles.